The van der Waals surface area contributed by atoms with Crippen molar-refractivity contribution in [2.75, 3.05) is 17.3 Å². The van der Waals surface area contributed by atoms with Crippen molar-refractivity contribution in [1.29, 1.82) is 0 Å². The third kappa shape index (κ3) is 4.14. The van der Waals surface area contributed by atoms with Gasteiger partial charge < -0.3 is 8.98 Å². The lowest BCUT2D eigenvalue weighted by Crippen LogP contribution is -2.28. The number of hydrogen-bond acceptors (Lipinski definition) is 9. The average molecular weight is 492 g/mol. The molecule has 0 saturated carbocycles. The van der Waals surface area contributed by atoms with Crippen LogP contribution in [0.4, 0.5) is 0 Å². The molecule has 1 amide bonds. The second kappa shape index (κ2) is 8.49. The van der Waals surface area contributed by atoms with Crippen LogP contribution in [0.5, 0.6) is 0 Å². The van der Waals surface area contributed by atoms with Gasteiger partial charge in [-0.15, -0.1) is 21.5 Å². The monoisotopic (exact) mass is 491 g/mol. The van der Waals surface area contributed by atoms with Crippen LogP contribution in [-0.4, -0.2) is 57.1 Å². The van der Waals surface area contributed by atoms with Gasteiger partial charge in [-0.1, -0.05) is 17.8 Å². The van der Waals surface area contributed by atoms with Crippen molar-refractivity contribution >= 4 is 44.6 Å². The number of furan rings is 1. The summed E-state index contributed by atoms with van der Waals surface area (Å²) in [6.07, 6.45) is 2.74. The van der Waals surface area contributed by atoms with Crippen molar-refractivity contribution < 1.29 is 17.6 Å². The Morgan fingerprint density at radius 1 is 1.31 bits per heavy atom. The lowest BCUT2D eigenvalue weighted by atomic mass is 10.1. The van der Waals surface area contributed by atoms with Crippen molar-refractivity contribution in [2.24, 2.45) is 12.1 Å². The molecule has 32 heavy (non-hydrogen) atoms. The third-order valence-corrected chi connectivity index (χ3v) is 9.33. The van der Waals surface area contributed by atoms with Crippen LogP contribution in [0.25, 0.3) is 0 Å². The molecule has 0 aromatic carbocycles. The number of sulfone groups is 1. The Bertz CT molecular complexity index is 1250. The number of hydrogen-bond donors (Lipinski definition) is 0. The van der Waals surface area contributed by atoms with Gasteiger partial charge in [0.2, 0.25) is 0 Å². The van der Waals surface area contributed by atoms with E-state index in [0.717, 1.165) is 10.6 Å². The van der Waals surface area contributed by atoms with Gasteiger partial charge >= 0.3 is 0 Å². The van der Waals surface area contributed by atoms with Crippen LogP contribution in [0.1, 0.15) is 41.3 Å². The van der Waals surface area contributed by atoms with E-state index in [-0.39, 0.29) is 35.1 Å². The van der Waals surface area contributed by atoms with Crippen molar-refractivity contribution in [3.63, 3.8) is 0 Å². The minimum atomic E-state index is -3.01. The summed E-state index contributed by atoms with van der Waals surface area (Å²) >= 11 is 2.86. The van der Waals surface area contributed by atoms with Crippen LogP contribution >= 0.6 is 23.1 Å². The lowest BCUT2D eigenvalue weighted by Gasteiger charge is -2.19. The van der Waals surface area contributed by atoms with Crippen molar-refractivity contribution in [2.45, 2.75) is 30.0 Å². The fourth-order valence-corrected chi connectivity index (χ4v) is 7.26. The molecular weight excluding hydrogens is 470 g/mol. The van der Waals surface area contributed by atoms with Gasteiger partial charge in [0.25, 0.3) is 5.91 Å². The summed E-state index contributed by atoms with van der Waals surface area (Å²) in [7, 11) is -1.20. The van der Waals surface area contributed by atoms with Crippen LogP contribution in [-0.2, 0) is 21.7 Å². The summed E-state index contributed by atoms with van der Waals surface area (Å²) in [5.74, 6) is 1.45. The number of carbonyl (C=O) groups is 1. The molecule has 0 aliphatic carbocycles. The number of carbonyl (C=O) groups excluding carboxylic acids is 1. The molecule has 12 heteroatoms. The first kappa shape index (κ1) is 21.4. The van der Waals surface area contributed by atoms with E-state index in [0.29, 0.717) is 29.6 Å². The van der Waals surface area contributed by atoms with E-state index < -0.39 is 9.84 Å². The van der Waals surface area contributed by atoms with Crippen LogP contribution < -0.4 is 0 Å². The van der Waals surface area contributed by atoms with Gasteiger partial charge in [0.05, 0.1) is 34.1 Å². The molecule has 3 aromatic heterocycles. The molecule has 5 heterocycles. The van der Waals surface area contributed by atoms with Gasteiger partial charge in [-0.25, -0.2) is 13.4 Å². The number of nitrogens with zero attached hydrogens (tertiary/aromatic N) is 5. The quantitative estimate of drug-likeness (QED) is 0.488. The zero-order valence-electron chi connectivity index (χ0n) is 17.2. The standard InChI is InChI=1S/C20H21N5O4S3/c1-24-19(13-6-9-32(27,28)12-13)21-22-20(24)31-11-18(26)25-15(16-4-2-7-29-16)10-14(23-25)17-5-3-8-30-17/h2-5,7-8,13,15H,6,9-12H2,1H3. The van der Waals surface area contributed by atoms with Gasteiger partial charge in [0, 0.05) is 19.4 Å². The summed E-state index contributed by atoms with van der Waals surface area (Å²) in [4.78, 5) is 14.2. The lowest BCUT2D eigenvalue weighted by molar-refractivity contribution is -0.130. The Labute approximate surface area is 193 Å². The maximum Gasteiger partial charge on any atom is 0.253 e. The molecule has 2 unspecified atom stereocenters. The number of amides is 1. The van der Waals surface area contributed by atoms with E-state index in [1.54, 1.807) is 28.2 Å². The molecule has 2 aliphatic rings. The normalized spacial score (nSPS) is 22.4. The third-order valence-electron chi connectivity index (χ3n) is 5.63. The summed E-state index contributed by atoms with van der Waals surface area (Å²) in [6.45, 7) is 0. The molecule has 3 aromatic rings. The largest absolute Gasteiger partial charge is 0.467 e. The van der Waals surface area contributed by atoms with Gasteiger partial charge in [0.15, 0.2) is 15.0 Å². The summed E-state index contributed by atoms with van der Waals surface area (Å²) < 4.78 is 31.0. The predicted octanol–water partition coefficient (Wildman–Crippen LogP) is 2.84. The molecule has 9 nitrogen and oxygen atoms in total. The smallest absolute Gasteiger partial charge is 0.253 e. The molecular formula is C20H21N5O4S3. The minimum Gasteiger partial charge on any atom is -0.467 e. The van der Waals surface area contributed by atoms with Crippen molar-refractivity contribution in [3.05, 3.63) is 52.4 Å². The Morgan fingerprint density at radius 3 is 2.88 bits per heavy atom. The highest BCUT2D eigenvalue weighted by atomic mass is 32.2. The maximum atomic E-state index is 13.1. The molecule has 1 fully saturated rings. The van der Waals surface area contributed by atoms with Gasteiger partial charge in [-0.3, -0.25) is 4.79 Å². The minimum absolute atomic E-state index is 0.0986. The molecule has 0 spiro atoms. The predicted molar refractivity (Wildman–Crippen MR) is 122 cm³/mol. The maximum absolute atomic E-state index is 13.1. The van der Waals surface area contributed by atoms with Gasteiger partial charge in [-0.05, 0) is 30.0 Å². The molecule has 5 rings (SSSR count). The second-order valence-corrected chi connectivity index (χ2v) is 11.9. The van der Waals surface area contributed by atoms with Crippen LogP contribution in [0.15, 0.2) is 50.6 Å². The summed E-state index contributed by atoms with van der Waals surface area (Å²) in [6, 6.07) is 7.34. The molecule has 2 aliphatic heterocycles. The first-order valence-electron chi connectivity index (χ1n) is 10.1. The first-order chi connectivity index (χ1) is 15.4. The topological polar surface area (TPSA) is 111 Å². The number of thioether (sulfide) groups is 1. The fraction of sp³-hybridized carbons (Fsp3) is 0.400. The summed E-state index contributed by atoms with van der Waals surface area (Å²) in [5, 5.41) is 17.1. The van der Waals surface area contributed by atoms with E-state index in [9.17, 15) is 13.2 Å². The van der Waals surface area contributed by atoms with Crippen molar-refractivity contribution in [3.8, 4) is 0 Å². The van der Waals surface area contributed by atoms with E-state index >= 15 is 0 Å². The zero-order chi connectivity index (χ0) is 22.3. The average Bonchev–Trinajstić information content (AvgIpc) is 3.55. The Morgan fingerprint density at radius 2 is 2.19 bits per heavy atom. The highest BCUT2D eigenvalue weighted by molar-refractivity contribution is 7.99. The van der Waals surface area contributed by atoms with Gasteiger partial charge in [0.1, 0.15) is 17.6 Å². The summed E-state index contributed by atoms with van der Waals surface area (Å²) in [5.41, 5.74) is 0.864. The second-order valence-electron chi connectivity index (χ2n) is 7.79. The Kier molecular flexibility index (Phi) is 5.68. The molecule has 0 bridgehead atoms. The Hall–Kier alpha value is -2.44. The highest BCUT2D eigenvalue weighted by Crippen LogP contribution is 2.35. The fourth-order valence-electron chi connectivity index (χ4n) is 4.03. The van der Waals surface area contributed by atoms with Crippen LogP contribution in [0.2, 0.25) is 0 Å². The van der Waals surface area contributed by atoms with E-state index in [4.69, 9.17) is 4.42 Å². The number of rotatable bonds is 6. The number of hydrazone groups is 1. The molecule has 168 valence electrons. The van der Waals surface area contributed by atoms with E-state index in [2.05, 4.69) is 15.3 Å². The SMILES string of the molecule is Cn1c(SCC(=O)N2N=C(c3cccs3)CC2c2ccco2)nnc1C1CCS(=O)(=O)C1. The van der Waals surface area contributed by atoms with Gasteiger partial charge in [-0.2, -0.15) is 5.10 Å². The van der Waals surface area contributed by atoms with Crippen LogP contribution in [0.3, 0.4) is 0 Å². The molecule has 0 N–H and O–H groups in total. The molecule has 2 atom stereocenters. The van der Waals surface area contributed by atoms with Crippen molar-refractivity contribution in [1.82, 2.24) is 19.8 Å². The molecule has 0 radical (unpaired) electrons. The Balaban J connectivity index is 1.31. The number of thiophene rings is 1. The highest BCUT2D eigenvalue weighted by Gasteiger charge is 2.36. The number of aromatic nitrogens is 3. The zero-order valence-corrected chi connectivity index (χ0v) is 19.7. The van der Waals surface area contributed by atoms with E-state index in [1.807, 2.05) is 30.6 Å². The van der Waals surface area contributed by atoms with E-state index in [1.165, 1.54) is 16.8 Å². The molecule has 1 saturated heterocycles. The van der Waals surface area contributed by atoms with Crippen LogP contribution in [0, 0.1) is 0 Å². The first-order valence-corrected chi connectivity index (χ1v) is 13.8.